The van der Waals surface area contributed by atoms with Gasteiger partial charge in [-0.2, -0.15) is 0 Å². The summed E-state index contributed by atoms with van der Waals surface area (Å²) < 4.78 is 5.85. The van der Waals surface area contributed by atoms with Crippen LogP contribution in [0.15, 0.2) is 18.5 Å². The van der Waals surface area contributed by atoms with Crippen molar-refractivity contribution in [2.75, 3.05) is 24.5 Å². The summed E-state index contributed by atoms with van der Waals surface area (Å²) in [6, 6.07) is 1.81. The Bertz CT molecular complexity index is 341. The Morgan fingerprint density at radius 3 is 2.81 bits per heavy atom. The van der Waals surface area contributed by atoms with Crippen molar-refractivity contribution < 1.29 is 4.74 Å². The first-order valence-electron chi connectivity index (χ1n) is 5.50. The highest BCUT2D eigenvalue weighted by molar-refractivity contribution is 5.30. The maximum Gasteiger partial charge on any atom is 0.225 e. The molecule has 0 radical (unpaired) electrons. The third-order valence-corrected chi connectivity index (χ3v) is 2.58. The molecule has 1 aliphatic rings. The lowest BCUT2D eigenvalue weighted by molar-refractivity contribution is -0.0792. The number of anilines is 1. The zero-order valence-corrected chi connectivity index (χ0v) is 9.76. The maximum absolute atomic E-state index is 5.85. The maximum atomic E-state index is 5.85. The van der Waals surface area contributed by atoms with E-state index < -0.39 is 0 Å². The Morgan fingerprint density at radius 2 is 2.19 bits per heavy atom. The summed E-state index contributed by atoms with van der Waals surface area (Å²) >= 11 is 0. The summed E-state index contributed by atoms with van der Waals surface area (Å²) in [5.41, 5.74) is 5.47. The lowest BCUT2D eigenvalue weighted by Crippen LogP contribution is -2.55. The molecule has 0 bridgehead atoms. The number of nitrogens with zero attached hydrogens (tertiary/aromatic N) is 3. The molecule has 1 aromatic rings. The standard InChI is InChI=1S/C11H18N4O/c1-11(2)8-15(7-9(6-12)16-11)10-13-4-3-5-14-10/h3-5,9H,6-8,12H2,1-2H3. The van der Waals surface area contributed by atoms with Crippen molar-refractivity contribution in [3.8, 4) is 0 Å². The van der Waals surface area contributed by atoms with Gasteiger partial charge in [-0.05, 0) is 19.9 Å². The van der Waals surface area contributed by atoms with Crippen molar-refractivity contribution in [2.45, 2.75) is 25.6 Å². The van der Waals surface area contributed by atoms with Gasteiger partial charge in [-0.1, -0.05) is 0 Å². The molecular weight excluding hydrogens is 204 g/mol. The molecule has 0 aromatic carbocycles. The quantitative estimate of drug-likeness (QED) is 0.785. The average molecular weight is 222 g/mol. The second kappa shape index (κ2) is 4.35. The van der Waals surface area contributed by atoms with Gasteiger partial charge in [0.2, 0.25) is 5.95 Å². The van der Waals surface area contributed by atoms with E-state index in [9.17, 15) is 0 Å². The van der Waals surface area contributed by atoms with Gasteiger partial charge in [0.1, 0.15) is 0 Å². The van der Waals surface area contributed by atoms with E-state index in [0.717, 1.165) is 19.0 Å². The SMILES string of the molecule is CC1(C)CN(c2ncccn2)CC(CN)O1. The van der Waals surface area contributed by atoms with Gasteiger partial charge >= 0.3 is 0 Å². The monoisotopic (exact) mass is 222 g/mol. The van der Waals surface area contributed by atoms with E-state index >= 15 is 0 Å². The zero-order chi connectivity index (χ0) is 11.6. The summed E-state index contributed by atoms with van der Waals surface area (Å²) in [5, 5.41) is 0. The smallest absolute Gasteiger partial charge is 0.225 e. The fourth-order valence-electron chi connectivity index (χ4n) is 2.03. The minimum absolute atomic E-state index is 0.0487. The van der Waals surface area contributed by atoms with Gasteiger partial charge in [0.25, 0.3) is 0 Å². The van der Waals surface area contributed by atoms with Gasteiger partial charge in [-0.25, -0.2) is 9.97 Å². The first-order valence-corrected chi connectivity index (χ1v) is 5.50. The third kappa shape index (κ3) is 2.48. The molecule has 5 heteroatoms. The van der Waals surface area contributed by atoms with Crippen LogP contribution in [0.4, 0.5) is 5.95 Å². The molecule has 1 fully saturated rings. The van der Waals surface area contributed by atoms with Crippen LogP contribution < -0.4 is 10.6 Å². The molecule has 0 saturated carbocycles. The van der Waals surface area contributed by atoms with Gasteiger partial charge in [0.05, 0.1) is 11.7 Å². The van der Waals surface area contributed by atoms with E-state index in [1.807, 2.05) is 6.07 Å². The number of rotatable bonds is 2. The van der Waals surface area contributed by atoms with Crippen LogP contribution in [-0.4, -0.2) is 41.3 Å². The molecule has 88 valence electrons. The first kappa shape index (κ1) is 11.3. The Hall–Kier alpha value is -1.20. The molecule has 5 nitrogen and oxygen atoms in total. The Kier molecular flexibility index (Phi) is 3.07. The van der Waals surface area contributed by atoms with Gasteiger partial charge in [-0.3, -0.25) is 0 Å². The summed E-state index contributed by atoms with van der Waals surface area (Å²) in [4.78, 5) is 10.6. The highest BCUT2D eigenvalue weighted by Crippen LogP contribution is 2.22. The minimum Gasteiger partial charge on any atom is -0.367 e. The van der Waals surface area contributed by atoms with Crippen molar-refractivity contribution in [1.29, 1.82) is 0 Å². The average Bonchev–Trinajstić information content (AvgIpc) is 2.28. The number of aromatic nitrogens is 2. The van der Waals surface area contributed by atoms with Crippen LogP contribution in [0.3, 0.4) is 0 Å². The molecule has 1 atom stereocenters. The van der Waals surface area contributed by atoms with Crippen LogP contribution >= 0.6 is 0 Å². The second-order valence-electron chi connectivity index (χ2n) is 4.66. The molecule has 2 N–H and O–H groups in total. The fourth-order valence-corrected chi connectivity index (χ4v) is 2.03. The molecule has 1 aliphatic heterocycles. The molecule has 1 saturated heterocycles. The van der Waals surface area contributed by atoms with Crippen LogP contribution in [0, 0.1) is 0 Å². The van der Waals surface area contributed by atoms with Gasteiger partial charge < -0.3 is 15.4 Å². The molecule has 1 unspecified atom stereocenters. The topological polar surface area (TPSA) is 64.3 Å². The summed E-state index contributed by atoms with van der Waals surface area (Å²) in [6.07, 6.45) is 3.55. The number of morpholine rings is 1. The highest BCUT2D eigenvalue weighted by Gasteiger charge is 2.33. The molecule has 2 heterocycles. The van der Waals surface area contributed by atoms with Crippen molar-refractivity contribution in [2.24, 2.45) is 5.73 Å². The predicted molar refractivity (Wildman–Crippen MR) is 62.3 cm³/mol. The van der Waals surface area contributed by atoms with E-state index in [4.69, 9.17) is 10.5 Å². The molecular formula is C11H18N4O. The molecule has 1 aromatic heterocycles. The van der Waals surface area contributed by atoms with Crippen molar-refractivity contribution in [1.82, 2.24) is 9.97 Å². The molecule has 16 heavy (non-hydrogen) atoms. The van der Waals surface area contributed by atoms with Crippen LogP contribution in [0.1, 0.15) is 13.8 Å². The molecule has 0 spiro atoms. The van der Waals surface area contributed by atoms with Crippen molar-refractivity contribution in [3.05, 3.63) is 18.5 Å². The molecule has 0 aliphatic carbocycles. The minimum atomic E-state index is -0.207. The van der Waals surface area contributed by atoms with Crippen LogP contribution in [0.5, 0.6) is 0 Å². The lowest BCUT2D eigenvalue weighted by atomic mass is 10.1. The van der Waals surface area contributed by atoms with Crippen LogP contribution in [0.2, 0.25) is 0 Å². The Labute approximate surface area is 95.6 Å². The van der Waals surface area contributed by atoms with Crippen LogP contribution in [-0.2, 0) is 4.74 Å². The second-order valence-corrected chi connectivity index (χ2v) is 4.66. The number of nitrogens with two attached hydrogens (primary N) is 1. The highest BCUT2D eigenvalue weighted by atomic mass is 16.5. The van der Waals surface area contributed by atoms with Gasteiger partial charge in [-0.15, -0.1) is 0 Å². The number of ether oxygens (including phenoxy) is 1. The van der Waals surface area contributed by atoms with E-state index in [1.165, 1.54) is 0 Å². The Balaban J connectivity index is 2.16. The zero-order valence-electron chi connectivity index (χ0n) is 9.76. The molecule has 0 amide bonds. The normalized spacial score (nSPS) is 24.4. The largest absolute Gasteiger partial charge is 0.367 e. The first-order chi connectivity index (χ1) is 7.61. The number of hydrogen-bond acceptors (Lipinski definition) is 5. The predicted octanol–water partition coefficient (Wildman–Crippen LogP) is 0.419. The summed E-state index contributed by atoms with van der Waals surface area (Å²) in [6.45, 7) is 6.18. The number of hydrogen-bond donors (Lipinski definition) is 1. The third-order valence-electron chi connectivity index (χ3n) is 2.58. The van der Waals surface area contributed by atoms with Gasteiger partial charge in [0.15, 0.2) is 0 Å². The van der Waals surface area contributed by atoms with E-state index in [0.29, 0.717) is 6.54 Å². The molecule has 2 rings (SSSR count). The fraction of sp³-hybridized carbons (Fsp3) is 0.636. The lowest BCUT2D eigenvalue weighted by Gasteiger charge is -2.42. The van der Waals surface area contributed by atoms with Crippen molar-refractivity contribution in [3.63, 3.8) is 0 Å². The van der Waals surface area contributed by atoms with Crippen molar-refractivity contribution >= 4 is 5.95 Å². The van der Waals surface area contributed by atoms with E-state index in [-0.39, 0.29) is 11.7 Å². The van der Waals surface area contributed by atoms with Crippen LogP contribution in [0.25, 0.3) is 0 Å². The van der Waals surface area contributed by atoms with E-state index in [1.54, 1.807) is 12.4 Å². The summed E-state index contributed by atoms with van der Waals surface area (Å²) in [7, 11) is 0. The van der Waals surface area contributed by atoms with Gasteiger partial charge in [0, 0.05) is 32.0 Å². The Morgan fingerprint density at radius 1 is 1.50 bits per heavy atom. The summed E-state index contributed by atoms with van der Waals surface area (Å²) in [5.74, 6) is 0.748. The van der Waals surface area contributed by atoms with E-state index in [2.05, 4.69) is 28.7 Å².